The van der Waals surface area contributed by atoms with E-state index in [0.717, 1.165) is 12.8 Å². The van der Waals surface area contributed by atoms with E-state index in [2.05, 4.69) is 12.2 Å². The van der Waals surface area contributed by atoms with Crippen molar-refractivity contribution in [3.8, 4) is 11.5 Å². The number of aromatic hydroxyl groups is 2. The van der Waals surface area contributed by atoms with Gasteiger partial charge in [-0.2, -0.15) is 0 Å². The van der Waals surface area contributed by atoms with Crippen molar-refractivity contribution in [1.29, 1.82) is 0 Å². The molecule has 0 saturated heterocycles. The fourth-order valence-corrected chi connectivity index (χ4v) is 1.50. The summed E-state index contributed by atoms with van der Waals surface area (Å²) < 4.78 is 0. The Morgan fingerprint density at radius 2 is 2.06 bits per heavy atom. The molecule has 4 heteroatoms. The minimum Gasteiger partial charge on any atom is -0.504 e. The van der Waals surface area contributed by atoms with Crippen LogP contribution in [-0.4, -0.2) is 22.7 Å². The number of benzene rings is 1. The van der Waals surface area contributed by atoms with Crippen molar-refractivity contribution < 1.29 is 15.0 Å². The van der Waals surface area contributed by atoms with Gasteiger partial charge >= 0.3 is 0 Å². The Labute approximate surface area is 101 Å². The van der Waals surface area contributed by atoms with Gasteiger partial charge in [-0.1, -0.05) is 19.4 Å². The van der Waals surface area contributed by atoms with Crippen LogP contribution in [0.25, 0.3) is 0 Å². The Kier molecular flexibility index (Phi) is 4.82. The number of hydrogen-bond donors (Lipinski definition) is 3. The number of rotatable bonds is 5. The first-order valence-electron chi connectivity index (χ1n) is 5.85. The van der Waals surface area contributed by atoms with E-state index in [-0.39, 0.29) is 23.3 Å². The quantitative estimate of drug-likeness (QED) is 0.542. The fourth-order valence-electron chi connectivity index (χ4n) is 1.50. The predicted molar refractivity (Wildman–Crippen MR) is 66.1 cm³/mol. The molecule has 1 atom stereocenters. The third kappa shape index (κ3) is 3.66. The lowest BCUT2D eigenvalue weighted by molar-refractivity contribution is -0.122. The molecule has 1 aromatic carbocycles. The second-order valence-electron chi connectivity index (χ2n) is 4.11. The number of carbonyl (C=O) groups is 1. The number of phenolic OH excluding ortho intramolecular Hbond substituents is 2. The summed E-state index contributed by atoms with van der Waals surface area (Å²) in [5, 5.41) is 21.4. The van der Waals surface area contributed by atoms with E-state index in [1.165, 1.54) is 12.1 Å². The van der Waals surface area contributed by atoms with Gasteiger partial charge in [0.1, 0.15) is 0 Å². The highest BCUT2D eigenvalue weighted by molar-refractivity contribution is 5.83. The average Bonchev–Trinajstić information content (AvgIpc) is 2.32. The molecule has 0 aliphatic carbocycles. The summed E-state index contributed by atoms with van der Waals surface area (Å²) in [6, 6.07) is 4.44. The summed E-state index contributed by atoms with van der Waals surface area (Å²) in [4.78, 5) is 11.8. The Morgan fingerprint density at radius 1 is 1.35 bits per heavy atom. The van der Waals surface area contributed by atoms with E-state index in [1.54, 1.807) is 13.0 Å². The van der Waals surface area contributed by atoms with Gasteiger partial charge in [0.2, 0.25) is 5.91 Å². The number of unbranched alkanes of at least 4 members (excludes halogenated alkanes) is 1. The highest BCUT2D eigenvalue weighted by atomic mass is 16.3. The molecule has 0 aromatic heterocycles. The zero-order chi connectivity index (χ0) is 12.8. The minimum atomic E-state index is -0.335. The van der Waals surface area contributed by atoms with Crippen LogP contribution in [0.2, 0.25) is 0 Å². The van der Waals surface area contributed by atoms with Crippen molar-refractivity contribution >= 4 is 5.91 Å². The predicted octanol–water partition coefficient (Wildman–Crippen LogP) is 2.12. The molecule has 0 spiro atoms. The smallest absolute Gasteiger partial charge is 0.227 e. The number of carbonyl (C=O) groups excluding carboxylic acids is 1. The van der Waals surface area contributed by atoms with Crippen molar-refractivity contribution in [3.05, 3.63) is 23.8 Å². The summed E-state index contributed by atoms with van der Waals surface area (Å²) in [6.45, 7) is 4.50. The molecule has 94 valence electrons. The van der Waals surface area contributed by atoms with Crippen molar-refractivity contribution in [2.24, 2.45) is 0 Å². The molecule has 0 bridgehead atoms. The summed E-state index contributed by atoms with van der Waals surface area (Å²) in [6.07, 6.45) is 1.99. The maximum atomic E-state index is 11.8. The lowest BCUT2D eigenvalue weighted by atomic mass is 10.00. The van der Waals surface area contributed by atoms with Crippen LogP contribution in [0.5, 0.6) is 11.5 Å². The van der Waals surface area contributed by atoms with Crippen LogP contribution in [0, 0.1) is 0 Å². The van der Waals surface area contributed by atoms with Crippen molar-refractivity contribution in [1.82, 2.24) is 5.32 Å². The fraction of sp³-hybridized carbons (Fsp3) is 0.462. The number of hydrogen-bond acceptors (Lipinski definition) is 3. The lowest BCUT2D eigenvalue weighted by Gasteiger charge is -2.13. The highest BCUT2D eigenvalue weighted by Gasteiger charge is 2.15. The molecule has 0 heterocycles. The van der Waals surface area contributed by atoms with Crippen LogP contribution < -0.4 is 5.32 Å². The first-order valence-corrected chi connectivity index (χ1v) is 5.85. The van der Waals surface area contributed by atoms with Crippen LogP contribution in [0.4, 0.5) is 0 Å². The third-order valence-corrected chi connectivity index (χ3v) is 2.72. The Bertz CT molecular complexity index is 390. The average molecular weight is 237 g/mol. The van der Waals surface area contributed by atoms with E-state index in [4.69, 9.17) is 0 Å². The highest BCUT2D eigenvalue weighted by Crippen LogP contribution is 2.28. The van der Waals surface area contributed by atoms with E-state index in [0.29, 0.717) is 12.1 Å². The van der Waals surface area contributed by atoms with Gasteiger partial charge in [-0.15, -0.1) is 0 Å². The van der Waals surface area contributed by atoms with Crippen molar-refractivity contribution in [2.75, 3.05) is 6.54 Å². The molecule has 1 aromatic rings. The van der Waals surface area contributed by atoms with E-state index >= 15 is 0 Å². The molecule has 3 N–H and O–H groups in total. The summed E-state index contributed by atoms with van der Waals surface area (Å²) in [7, 11) is 0. The zero-order valence-electron chi connectivity index (χ0n) is 10.2. The third-order valence-electron chi connectivity index (χ3n) is 2.72. The van der Waals surface area contributed by atoms with Gasteiger partial charge in [0.15, 0.2) is 11.5 Å². The van der Waals surface area contributed by atoms with Gasteiger partial charge in [-0.25, -0.2) is 0 Å². The zero-order valence-corrected chi connectivity index (χ0v) is 10.2. The molecule has 1 amide bonds. The van der Waals surface area contributed by atoms with Crippen LogP contribution in [0.15, 0.2) is 18.2 Å². The van der Waals surface area contributed by atoms with E-state index < -0.39 is 0 Å². The Hall–Kier alpha value is -1.71. The summed E-state index contributed by atoms with van der Waals surface area (Å²) >= 11 is 0. The normalized spacial score (nSPS) is 12.1. The maximum absolute atomic E-state index is 11.8. The van der Waals surface area contributed by atoms with E-state index in [1.807, 2.05) is 0 Å². The van der Waals surface area contributed by atoms with Gasteiger partial charge in [0, 0.05) is 6.54 Å². The molecule has 0 aliphatic rings. The monoisotopic (exact) mass is 237 g/mol. The maximum Gasteiger partial charge on any atom is 0.227 e. The van der Waals surface area contributed by atoms with Crippen LogP contribution in [0.3, 0.4) is 0 Å². The second kappa shape index (κ2) is 6.13. The number of amides is 1. The molecule has 4 nitrogen and oxygen atoms in total. The Balaban J connectivity index is 2.65. The van der Waals surface area contributed by atoms with Gasteiger partial charge < -0.3 is 15.5 Å². The molecule has 0 saturated carbocycles. The first kappa shape index (κ1) is 13.4. The van der Waals surface area contributed by atoms with Gasteiger partial charge in [-0.3, -0.25) is 4.79 Å². The number of nitrogens with one attached hydrogen (secondary N) is 1. The molecular weight excluding hydrogens is 218 g/mol. The van der Waals surface area contributed by atoms with Crippen LogP contribution in [0.1, 0.15) is 38.2 Å². The van der Waals surface area contributed by atoms with Crippen molar-refractivity contribution in [3.63, 3.8) is 0 Å². The second-order valence-corrected chi connectivity index (χ2v) is 4.11. The summed E-state index contributed by atoms with van der Waals surface area (Å²) in [5.41, 5.74) is 0.689. The van der Waals surface area contributed by atoms with E-state index in [9.17, 15) is 15.0 Å². The van der Waals surface area contributed by atoms with Crippen molar-refractivity contribution in [2.45, 2.75) is 32.6 Å². The van der Waals surface area contributed by atoms with Crippen LogP contribution in [-0.2, 0) is 4.79 Å². The molecule has 1 rings (SSSR count). The molecule has 1 unspecified atom stereocenters. The Morgan fingerprint density at radius 3 is 2.65 bits per heavy atom. The van der Waals surface area contributed by atoms with Gasteiger partial charge in [0.25, 0.3) is 0 Å². The molecule has 17 heavy (non-hydrogen) atoms. The largest absolute Gasteiger partial charge is 0.504 e. The SMILES string of the molecule is CCCCNC(=O)C(C)c1ccc(O)c(O)c1. The molecular formula is C13H19NO3. The topological polar surface area (TPSA) is 69.6 Å². The molecule has 0 aliphatic heterocycles. The number of phenols is 2. The van der Waals surface area contributed by atoms with Gasteiger partial charge in [-0.05, 0) is 31.0 Å². The first-order chi connectivity index (χ1) is 8.06. The standard InChI is InChI=1S/C13H19NO3/c1-3-4-7-14-13(17)9(2)10-5-6-11(15)12(16)8-10/h5-6,8-9,15-16H,3-4,7H2,1-2H3,(H,14,17). The molecule has 0 fully saturated rings. The lowest BCUT2D eigenvalue weighted by Crippen LogP contribution is -2.28. The molecule has 0 radical (unpaired) electrons. The minimum absolute atomic E-state index is 0.0662. The summed E-state index contributed by atoms with van der Waals surface area (Å²) in [5.74, 6) is -0.773. The van der Waals surface area contributed by atoms with Crippen LogP contribution >= 0.6 is 0 Å². The van der Waals surface area contributed by atoms with Gasteiger partial charge in [0.05, 0.1) is 5.92 Å².